The molecule has 0 fully saturated rings. The van der Waals surface area contributed by atoms with Gasteiger partial charge in [-0.15, -0.1) is 0 Å². The van der Waals surface area contributed by atoms with Gasteiger partial charge >= 0.3 is 0 Å². The predicted octanol–water partition coefficient (Wildman–Crippen LogP) is 1.86. The zero-order valence-electron chi connectivity index (χ0n) is 9.91. The van der Waals surface area contributed by atoms with Crippen molar-refractivity contribution in [2.45, 2.75) is 18.9 Å². The number of hydrogen-bond donors (Lipinski definition) is 3. The third kappa shape index (κ3) is 3.14. The molecule has 1 amide bonds. The van der Waals surface area contributed by atoms with Gasteiger partial charge in [-0.2, -0.15) is 0 Å². The number of carbonyl (C=O) groups excluding carboxylic acids is 1. The van der Waals surface area contributed by atoms with Crippen LogP contribution in [-0.2, 0) is 0 Å². The molecule has 0 spiro atoms. The minimum Gasteiger partial charge on any atom is -0.394 e. The smallest absolute Gasteiger partial charge is 0.253 e. The second-order valence-corrected chi connectivity index (χ2v) is 4.79. The van der Waals surface area contributed by atoms with E-state index in [0.717, 1.165) is 0 Å². The summed E-state index contributed by atoms with van der Waals surface area (Å²) >= 11 is 11.7. The van der Waals surface area contributed by atoms with Crippen molar-refractivity contribution in [3.8, 4) is 0 Å². The number of aliphatic hydroxyl groups is 2. The van der Waals surface area contributed by atoms with E-state index in [2.05, 4.69) is 5.32 Å². The van der Waals surface area contributed by atoms with Gasteiger partial charge in [-0.25, -0.2) is 0 Å². The summed E-state index contributed by atoms with van der Waals surface area (Å²) in [5, 5.41) is 21.5. The van der Waals surface area contributed by atoms with Crippen LogP contribution in [0.25, 0.3) is 0 Å². The van der Waals surface area contributed by atoms with Gasteiger partial charge in [0.25, 0.3) is 5.91 Å². The van der Waals surface area contributed by atoms with Crippen LogP contribution in [0.3, 0.4) is 0 Å². The molecule has 1 rings (SSSR count). The molecular weight excluding hydrogens is 277 g/mol. The number of nitrogens with one attached hydrogen (secondary N) is 1. The molecule has 0 unspecified atom stereocenters. The normalized spacial score (nSPS) is 11.4. The summed E-state index contributed by atoms with van der Waals surface area (Å²) < 4.78 is 0. The van der Waals surface area contributed by atoms with Gasteiger partial charge in [0.2, 0.25) is 0 Å². The molecule has 0 aliphatic heterocycles. The van der Waals surface area contributed by atoms with E-state index in [4.69, 9.17) is 23.2 Å². The standard InChI is InChI=1S/C12H15Cl2NO3/c1-2-12(6-16,7-17)15-11(18)8-4-3-5-9(13)10(8)14/h3-5,16-17H,2,6-7H2,1H3,(H,15,18). The van der Waals surface area contributed by atoms with E-state index in [-0.39, 0.29) is 28.8 Å². The van der Waals surface area contributed by atoms with Crippen LogP contribution >= 0.6 is 23.2 Å². The van der Waals surface area contributed by atoms with Gasteiger partial charge in [-0.3, -0.25) is 4.79 Å². The van der Waals surface area contributed by atoms with Crippen LogP contribution in [0.15, 0.2) is 18.2 Å². The van der Waals surface area contributed by atoms with Crippen molar-refractivity contribution in [2.75, 3.05) is 13.2 Å². The SMILES string of the molecule is CCC(CO)(CO)NC(=O)c1cccc(Cl)c1Cl. The molecule has 0 saturated heterocycles. The summed E-state index contributed by atoms with van der Waals surface area (Å²) in [4.78, 5) is 12.0. The highest BCUT2D eigenvalue weighted by atomic mass is 35.5. The first-order valence-electron chi connectivity index (χ1n) is 5.48. The molecular formula is C12H15Cl2NO3. The second-order valence-electron chi connectivity index (χ2n) is 4.01. The first-order valence-corrected chi connectivity index (χ1v) is 6.23. The van der Waals surface area contributed by atoms with Crippen molar-refractivity contribution in [2.24, 2.45) is 0 Å². The molecule has 100 valence electrons. The summed E-state index contributed by atoms with van der Waals surface area (Å²) in [6.07, 6.45) is 0.393. The summed E-state index contributed by atoms with van der Waals surface area (Å²) in [6.45, 7) is 1.04. The van der Waals surface area contributed by atoms with E-state index >= 15 is 0 Å². The molecule has 0 radical (unpaired) electrons. The molecule has 6 heteroatoms. The molecule has 0 atom stereocenters. The Morgan fingerprint density at radius 1 is 1.33 bits per heavy atom. The van der Waals surface area contributed by atoms with E-state index in [1.807, 2.05) is 0 Å². The fourth-order valence-corrected chi connectivity index (χ4v) is 1.81. The Kier molecular flexibility index (Phi) is 5.41. The van der Waals surface area contributed by atoms with Crippen molar-refractivity contribution in [1.82, 2.24) is 5.32 Å². The molecule has 1 aromatic rings. The largest absolute Gasteiger partial charge is 0.394 e. The second kappa shape index (κ2) is 6.38. The summed E-state index contributed by atoms with van der Waals surface area (Å²) in [5.41, 5.74) is -0.841. The Morgan fingerprint density at radius 2 is 1.94 bits per heavy atom. The van der Waals surface area contributed by atoms with Crippen molar-refractivity contribution in [3.63, 3.8) is 0 Å². The molecule has 0 aliphatic rings. The van der Waals surface area contributed by atoms with E-state index in [1.54, 1.807) is 19.1 Å². The predicted molar refractivity (Wildman–Crippen MR) is 71.1 cm³/mol. The maximum Gasteiger partial charge on any atom is 0.253 e. The Morgan fingerprint density at radius 3 is 2.44 bits per heavy atom. The van der Waals surface area contributed by atoms with Crippen molar-refractivity contribution >= 4 is 29.1 Å². The zero-order chi connectivity index (χ0) is 13.8. The minimum atomic E-state index is -1.05. The molecule has 0 heterocycles. The lowest BCUT2D eigenvalue weighted by Crippen LogP contribution is -2.53. The van der Waals surface area contributed by atoms with Gasteiger partial charge in [0.1, 0.15) is 0 Å². The average Bonchev–Trinajstić information content (AvgIpc) is 2.39. The van der Waals surface area contributed by atoms with Crippen LogP contribution < -0.4 is 5.32 Å². The third-order valence-corrected chi connectivity index (χ3v) is 3.68. The molecule has 1 aromatic carbocycles. The Labute approximate surface area is 116 Å². The molecule has 18 heavy (non-hydrogen) atoms. The lowest BCUT2D eigenvalue weighted by molar-refractivity contribution is 0.0653. The van der Waals surface area contributed by atoms with Crippen molar-refractivity contribution < 1.29 is 15.0 Å². The van der Waals surface area contributed by atoms with Crippen molar-refractivity contribution in [3.05, 3.63) is 33.8 Å². The van der Waals surface area contributed by atoms with E-state index < -0.39 is 11.4 Å². The fourth-order valence-electron chi connectivity index (χ4n) is 1.43. The van der Waals surface area contributed by atoms with Gasteiger partial charge in [0.05, 0.1) is 34.4 Å². The van der Waals surface area contributed by atoms with Gasteiger partial charge in [0.15, 0.2) is 0 Å². The van der Waals surface area contributed by atoms with E-state index in [0.29, 0.717) is 6.42 Å². The monoisotopic (exact) mass is 291 g/mol. The van der Waals surface area contributed by atoms with Crippen LogP contribution in [0.2, 0.25) is 10.0 Å². The lowest BCUT2D eigenvalue weighted by Gasteiger charge is -2.29. The van der Waals surface area contributed by atoms with Crippen LogP contribution in [0.5, 0.6) is 0 Å². The van der Waals surface area contributed by atoms with Gasteiger partial charge in [-0.05, 0) is 18.6 Å². The molecule has 3 N–H and O–H groups in total. The van der Waals surface area contributed by atoms with E-state index in [9.17, 15) is 15.0 Å². The first-order chi connectivity index (χ1) is 8.49. The Bertz CT molecular complexity index is 425. The average molecular weight is 292 g/mol. The highest BCUT2D eigenvalue weighted by Crippen LogP contribution is 2.26. The van der Waals surface area contributed by atoms with Gasteiger partial charge in [-0.1, -0.05) is 36.2 Å². The van der Waals surface area contributed by atoms with Crippen LogP contribution in [-0.4, -0.2) is 34.9 Å². The number of rotatable bonds is 5. The van der Waals surface area contributed by atoms with E-state index in [1.165, 1.54) is 6.07 Å². The Hall–Kier alpha value is -0.810. The number of amides is 1. The van der Waals surface area contributed by atoms with Crippen LogP contribution in [0.4, 0.5) is 0 Å². The van der Waals surface area contributed by atoms with Crippen LogP contribution in [0.1, 0.15) is 23.7 Å². The first kappa shape index (κ1) is 15.2. The lowest BCUT2D eigenvalue weighted by atomic mass is 9.98. The third-order valence-electron chi connectivity index (χ3n) is 2.86. The molecule has 4 nitrogen and oxygen atoms in total. The number of hydrogen-bond acceptors (Lipinski definition) is 3. The van der Waals surface area contributed by atoms with Crippen molar-refractivity contribution in [1.29, 1.82) is 0 Å². The molecule has 0 saturated carbocycles. The number of aliphatic hydroxyl groups excluding tert-OH is 2. The highest BCUT2D eigenvalue weighted by molar-refractivity contribution is 6.43. The van der Waals surface area contributed by atoms with Gasteiger partial charge in [0, 0.05) is 0 Å². The molecule has 0 aromatic heterocycles. The zero-order valence-corrected chi connectivity index (χ0v) is 11.4. The molecule has 0 bridgehead atoms. The topological polar surface area (TPSA) is 69.6 Å². The maximum atomic E-state index is 12.0. The minimum absolute atomic E-state index is 0.151. The number of benzene rings is 1. The molecule has 0 aliphatic carbocycles. The fraction of sp³-hybridized carbons (Fsp3) is 0.417. The number of carbonyl (C=O) groups is 1. The Balaban J connectivity index is 2.98. The maximum absolute atomic E-state index is 12.0. The van der Waals surface area contributed by atoms with Gasteiger partial charge < -0.3 is 15.5 Å². The summed E-state index contributed by atoms with van der Waals surface area (Å²) in [7, 11) is 0. The quantitative estimate of drug-likeness (QED) is 0.776. The summed E-state index contributed by atoms with van der Waals surface area (Å²) in [6, 6.07) is 4.71. The van der Waals surface area contributed by atoms with Crippen LogP contribution in [0, 0.1) is 0 Å². The number of halogens is 2. The summed E-state index contributed by atoms with van der Waals surface area (Å²) in [5.74, 6) is -0.479. The highest BCUT2D eigenvalue weighted by Gasteiger charge is 2.29.